The Bertz CT molecular complexity index is 770. The molecule has 6 heteroatoms. The van der Waals surface area contributed by atoms with Crippen LogP contribution in [0.2, 0.25) is 0 Å². The molecule has 0 unspecified atom stereocenters. The lowest BCUT2D eigenvalue weighted by atomic mass is 10.2. The molecule has 0 saturated heterocycles. The number of carbonyl (C=O) groups is 1. The Labute approximate surface area is 120 Å². The van der Waals surface area contributed by atoms with E-state index in [-0.39, 0.29) is 23.8 Å². The van der Waals surface area contributed by atoms with Crippen molar-refractivity contribution in [2.24, 2.45) is 0 Å². The number of halogens is 1. The minimum Gasteiger partial charge on any atom is -0.287 e. The zero-order chi connectivity index (χ0) is 14.7. The number of aromatic nitrogens is 4. The highest BCUT2D eigenvalue weighted by Crippen LogP contribution is 2.10. The first-order valence-corrected chi connectivity index (χ1v) is 6.30. The van der Waals surface area contributed by atoms with Gasteiger partial charge in [0.1, 0.15) is 17.8 Å². The Kier molecular flexibility index (Phi) is 3.51. The van der Waals surface area contributed by atoms with Crippen molar-refractivity contribution in [2.45, 2.75) is 6.54 Å². The van der Waals surface area contributed by atoms with Crippen LogP contribution in [-0.2, 0) is 6.54 Å². The van der Waals surface area contributed by atoms with Crippen molar-refractivity contribution in [2.75, 3.05) is 0 Å². The van der Waals surface area contributed by atoms with Gasteiger partial charge in [-0.05, 0) is 12.1 Å². The van der Waals surface area contributed by atoms with Gasteiger partial charge in [-0.25, -0.2) is 14.4 Å². The molecule has 0 spiro atoms. The van der Waals surface area contributed by atoms with Crippen LogP contribution in [0.3, 0.4) is 0 Å². The van der Waals surface area contributed by atoms with Crippen LogP contribution >= 0.6 is 0 Å². The molecule has 3 rings (SSSR count). The highest BCUT2D eigenvalue weighted by Gasteiger charge is 2.13. The molecule has 0 fully saturated rings. The van der Waals surface area contributed by atoms with Crippen molar-refractivity contribution >= 4 is 5.78 Å². The SMILES string of the molecule is O=C(c1cncnc1)c1ccn(Cc2ccccc2F)n1. The smallest absolute Gasteiger partial charge is 0.216 e. The number of benzene rings is 1. The van der Waals surface area contributed by atoms with Crippen LogP contribution in [0, 0.1) is 5.82 Å². The fourth-order valence-corrected chi connectivity index (χ4v) is 1.94. The zero-order valence-electron chi connectivity index (χ0n) is 11.0. The van der Waals surface area contributed by atoms with Gasteiger partial charge in [0.05, 0.1) is 12.1 Å². The normalized spacial score (nSPS) is 10.5. The first kappa shape index (κ1) is 13.1. The predicted octanol–water partition coefficient (Wildman–Crippen LogP) is 2.09. The standard InChI is InChI=1S/C15H11FN4O/c16-13-4-2-1-3-11(13)9-20-6-5-14(19-20)15(21)12-7-17-10-18-8-12/h1-8,10H,9H2. The van der Waals surface area contributed by atoms with E-state index in [1.807, 2.05) is 0 Å². The average molecular weight is 282 g/mol. The van der Waals surface area contributed by atoms with E-state index in [1.54, 1.807) is 30.5 Å². The molecule has 104 valence electrons. The molecule has 0 radical (unpaired) electrons. The molecular weight excluding hydrogens is 271 g/mol. The number of hydrogen-bond acceptors (Lipinski definition) is 4. The van der Waals surface area contributed by atoms with Gasteiger partial charge < -0.3 is 0 Å². The number of ketones is 1. The molecule has 0 bridgehead atoms. The molecule has 0 atom stereocenters. The van der Waals surface area contributed by atoms with E-state index in [0.717, 1.165) is 0 Å². The third kappa shape index (κ3) is 2.84. The molecule has 21 heavy (non-hydrogen) atoms. The van der Waals surface area contributed by atoms with Gasteiger partial charge in [0.15, 0.2) is 0 Å². The van der Waals surface area contributed by atoms with Crippen LogP contribution in [0.4, 0.5) is 4.39 Å². The van der Waals surface area contributed by atoms with Crippen LogP contribution in [0.25, 0.3) is 0 Å². The van der Waals surface area contributed by atoms with Crippen LogP contribution in [0.1, 0.15) is 21.6 Å². The molecule has 0 aliphatic carbocycles. The Balaban J connectivity index is 1.81. The van der Waals surface area contributed by atoms with Crippen LogP contribution in [-0.4, -0.2) is 25.5 Å². The predicted molar refractivity (Wildman–Crippen MR) is 73.2 cm³/mol. The molecule has 2 heterocycles. The molecule has 1 aromatic carbocycles. The van der Waals surface area contributed by atoms with Gasteiger partial charge in [-0.2, -0.15) is 5.10 Å². The Morgan fingerprint density at radius 3 is 2.67 bits per heavy atom. The van der Waals surface area contributed by atoms with Crippen molar-refractivity contribution in [1.82, 2.24) is 19.7 Å². The summed E-state index contributed by atoms with van der Waals surface area (Å²) in [6.45, 7) is 0.269. The van der Waals surface area contributed by atoms with Crippen molar-refractivity contribution in [3.8, 4) is 0 Å². The third-order valence-corrected chi connectivity index (χ3v) is 2.99. The molecule has 0 aliphatic heterocycles. The van der Waals surface area contributed by atoms with E-state index < -0.39 is 0 Å². The van der Waals surface area contributed by atoms with Crippen molar-refractivity contribution < 1.29 is 9.18 Å². The van der Waals surface area contributed by atoms with E-state index in [0.29, 0.717) is 11.1 Å². The summed E-state index contributed by atoms with van der Waals surface area (Å²) >= 11 is 0. The molecule has 0 saturated carbocycles. The first-order chi connectivity index (χ1) is 10.2. The Morgan fingerprint density at radius 1 is 1.14 bits per heavy atom. The summed E-state index contributed by atoms with van der Waals surface area (Å²) < 4.78 is 15.1. The highest BCUT2D eigenvalue weighted by molar-refractivity contribution is 6.07. The van der Waals surface area contributed by atoms with Crippen LogP contribution in [0.5, 0.6) is 0 Å². The maximum absolute atomic E-state index is 13.6. The van der Waals surface area contributed by atoms with Gasteiger partial charge in [0.2, 0.25) is 5.78 Å². The van der Waals surface area contributed by atoms with E-state index in [1.165, 1.54) is 29.5 Å². The second-order valence-electron chi connectivity index (χ2n) is 4.45. The van der Waals surface area contributed by atoms with Crippen molar-refractivity contribution in [1.29, 1.82) is 0 Å². The average Bonchev–Trinajstić information content (AvgIpc) is 2.98. The van der Waals surface area contributed by atoms with Gasteiger partial charge in [-0.15, -0.1) is 0 Å². The van der Waals surface area contributed by atoms with E-state index >= 15 is 0 Å². The molecule has 0 aliphatic rings. The molecule has 3 aromatic rings. The summed E-state index contributed by atoms with van der Waals surface area (Å²) in [6, 6.07) is 8.06. The second-order valence-corrected chi connectivity index (χ2v) is 4.45. The van der Waals surface area contributed by atoms with E-state index in [9.17, 15) is 9.18 Å². The van der Waals surface area contributed by atoms with Crippen LogP contribution < -0.4 is 0 Å². The quantitative estimate of drug-likeness (QED) is 0.687. The Morgan fingerprint density at radius 2 is 1.90 bits per heavy atom. The maximum Gasteiger partial charge on any atom is 0.216 e. The number of nitrogens with zero attached hydrogens (tertiary/aromatic N) is 4. The fraction of sp³-hybridized carbons (Fsp3) is 0.0667. The van der Waals surface area contributed by atoms with Gasteiger partial charge in [-0.3, -0.25) is 9.48 Å². The third-order valence-electron chi connectivity index (χ3n) is 2.99. The number of rotatable bonds is 4. The number of carbonyl (C=O) groups excluding carboxylic acids is 1. The second kappa shape index (κ2) is 5.62. The number of hydrogen-bond donors (Lipinski definition) is 0. The summed E-state index contributed by atoms with van der Waals surface area (Å²) in [5.74, 6) is -0.555. The topological polar surface area (TPSA) is 60.7 Å². The summed E-state index contributed by atoms with van der Waals surface area (Å²) in [6.07, 6.45) is 5.87. The minimum absolute atomic E-state index is 0.261. The minimum atomic E-state index is -0.294. The Hall–Kier alpha value is -2.89. The molecular formula is C15H11FN4O. The largest absolute Gasteiger partial charge is 0.287 e. The maximum atomic E-state index is 13.6. The van der Waals surface area contributed by atoms with Crippen molar-refractivity contribution in [3.63, 3.8) is 0 Å². The molecule has 2 aromatic heterocycles. The fourth-order valence-electron chi connectivity index (χ4n) is 1.94. The first-order valence-electron chi connectivity index (χ1n) is 6.30. The summed E-state index contributed by atoms with van der Waals surface area (Å²) in [5, 5.41) is 4.17. The lowest BCUT2D eigenvalue weighted by Gasteiger charge is -2.03. The summed E-state index contributed by atoms with van der Waals surface area (Å²) in [7, 11) is 0. The zero-order valence-corrected chi connectivity index (χ0v) is 11.0. The van der Waals surface area contributed by atoms with Gasteiger partial charge >= 0.3 is 0 Å². The van der Waals surface area contributed by atoms with Gasteiger partial charge in [-0.1, -0.05) is 18.2 Å². The molecule has 0 amide bonds. The van der Waals surface area contributed by atoms with E-state index in [4.69, 9.17) is 0 Å². The van der Waals surface area contributed by atoms with Gasteiger partial charge in [0, 0.05) is 24.2 Å². The van der Waals surface area contributed by atoms with Crippen molar-refractivity contribution in [3.05, 3.63) is 77.9 Å². The van der Waals surface area contributed by atoms with Gasteiger partial charge in [0.25, 0.3) is 0 Å². The summed E-state index contributed by atoms with van der Waals surface area (Å²) in [4.78, 5) is 19.8. The highest BCUT2D eigenvalue weighted by atomic mass is 19.1. The van der Waals surface area contributed by atoms with Crippen LogP contribution in [0.15, 0.2) is 55.2 Å². The summed E-state index contributed by atoms with van der Waals surface area (Å²) in [5.41, 5.74) is 1.16. The monoisotopic (exact) mass is 282 g/mol. The lowest BCUT2D eigenvalue weighted by molar-refractivity contribution is 0.103. The van der Waals surface area contributed by atoms with E-state index in [2.05, 4.69) is 15.1 Å². The lowest BCUT2D eigenvalue weighted by Crippen LogP contribution is -2.07. The molecule has 0 N–H and O–H groups in total. The molecule has 5 nitrogen and oxygen atoms in total.